The lowest BCUT2D eigenvalue weighted by molar-refractivity contribution is -0.159. The number of aromatic nitrogens is 2. The van der Waals surface area contributed by atoms with Crippen molar-refractivity contribution in [3.8, 4) is 5.69 Å². The third-order valence-corrected chi connectivity index (χ3v) is 6.57. The highest BCUT2D eigenvalue weighted by atomic mass is 16.5. The van der Waals surface area contributed by atoms with Gasteiger partial charge in [0.15, 0.2) is 0 Å². The lowest BCUT2D eigenvalue weighted by Gasteiger charge is -2.40. The average Bonchev–Trinajstić information content (AvgIpc) is 3.40. The van der Waals surface area contributed by atoms with Crippen LogP contribution in [0.25, 0.3) is 5.69 Å². The summed E-state index contributed by atoms with van der Waals surface area (Å²) in [5, 5.41) is 4.28. The zero-order valence-corrected chi connectivity index (χ0v) is 19.2. The molecule has 6 nitrogen and oxygen atoms in total. The molecule has 1 saturated heterocycles. The molecule has 0 unspecified atom stereocenters. The molecule has 3 aromatic rings. The molecule has 33 heavy (non-hydrogen) atoms. The van der Waals surface area contributed by atoms with Crippen LogP contribution in [0.15, 0.2) is 73.1 Å². The standard InChI is InChI=1S/C27H31N3O3/c1-2-33-26(32)27(15-8-12-22-10-4-3-5-11-22)16-20-29(21-17-27)25(31)23-13-6-7-14-24(23)30-19-9-18-28-30/h3-7,9-11,13-14,18-19H,2,8,12,15-17,20-21H2,1H3. The van der Waals surface area contributed by atoms with Crippen molar-refractivity contribution in [3.63, 3.8) is 0 Å². The maximum absolute atomic E-state index is 13.4. The van der Waals surface area contributed by atoms with E-state index in [0.717, 1.165) is 24.9 Å². The Morgan fingerprint density at radius 1 is 1.00 bits per heavy atom. The first-order chi connectivity index (χ1) is 16.1. The van der Waals surface area contributed by atoms with E-state index in [1.54, 1.807) is 10.9 Å². The second-order valence-electron chi connectivity index (χ2n) is 8.60. The highest BCUT2D eigenvalue weighted by Crippen LogP contribution is 2.38. The number of ether oxygens (including phenoxy) is 1. The first-order valence-corrected chi connectivity index (χ1v) is 11.7. The SMILES string of the molecule is CCOC(=O)C1(CCCc2ccccc2)CCN(C(=O)c2ccccc2-n2cccn2)CC1. The maximum Gasteiger partial charge on any atom is 0.312 e. The molecule has 1 amide bonds. The topological polar surface area (TPSA) is 64.4 Å². The fourth-order valence-corrected chi connectivity index (χ4v) is 4.69. The van der Waals surface area contributed by atoms with Gasteiger partial charge < -0.3 is 9.64 Å². The number of nitrogens with zero attached hydrogens (tertiary/aromatic N) is 3. The third-order valence-electron chi connectivity index (χ3n) is 6.57. The quantitative estimate of drug-likeness (QED) is 0.472. The van der Waals surface area contributed by atoms with Crippen molar-refractivity contribution < 1.29 is 14.3 Å². The van der Waals surface area contributed by atoms with Crippen LogP contribution in [0.3, 0.4) is 0 Å². The average molecular weight is 446 g/mol. The number of amides is 1. The maximum atomic E-state index is 13.4. The molecular weight excluding hydrogens is 414 g/mol. The Kier molecular flexibility index (Phi) is 7.23. The van der Waals surface area contributed by atoms with Crippen molar-refractivity contribution in [1.82, 2.24) is 14.7 Å². The molecule has 0 aliphatic carbocycles. The lowest BCUT2D eigenvalue weighted by atomic mass is 9.74. The molecule has 0 bridgehead atoms. The van der Waals surface area contributed by atoms with Crippen molar-refractivity contribution >= 4 is 11.9 Å². The summed E-state index contributed by atoms with van der Waals surface area (Å²) in [6, 6.07) is 19.7. The van der Waals surface area contributed by atoms with E-state index < -0.39 is 5.41 Å². The Morgan fingerprint density at radius 2 is 1.73 bits per heavy atom. The van der Waals surface area contributed by atoms with Gasteiger partial charge in [-0.25, -0.2) is 4.68 Å². The van der Waals surface area contributed by atoms with Crippen LogP contribution in [0.4, 0.5) is 0 Å². The summed E-state index contributed by atoms with van der Waals surface area (Å²) in [6.45, 7) is 3.30. The smallest absolute Gasteiger partial charge is 0.312 e. The molecule has 1 aliphatic heterocycles. The van der Waals surface area contributed by atoms with E-state index in [9.17, 15) is 9.59 Å². The molecule has 6 heteroatoms. The van der Waals surface area contributed by atoms with Gasteiger partial charge in [-0.05, 0) is 62.8 Å². The monoisotopic (exact) mass is 445 g/mol. The van der Waals surface area contributed by atoms with Crippen LogP contribution in [0.2, 0.25) is 0 Å². The molecule has 1 aromatic heterocycles. The Morgan fingerprint density at radius 3 is 2.42 bits per heavy atom. The predicted molar refractivity (Wildman–Crippen MR) is 127 cm³/mol. The number of piperidine rings is 1. The second kappa shape index (κ2) is 10.5. The fourth-order valence-electron chi connectivity index (χ4n) is 4.69. The van der Waals surface area contributed by atoms with Crippen molar-refractivity contribution in [3.05, 3.63) is 84.2 Å². The molecular formula is C27H31N3O3. The van der Waals surface area contributed by atoms with Crippen LogP contribution < -0.4 is 0 Å². The fraction of sp³-hybridized carbons (Fsp3) is 0.370. The zero-order chi connectivity index (χ0) is 23.1. The molecule has 1 aliphatic rings. The Bertz CT molecular complexity index is 1060. The normalized spacial score (nSPS) is 15.2. The molecule has 4 rings (SSSR count). The molecule has 1 fully saturated rings. The van der Waals surface area contributed by atoms with E-state index in [1.165, 1.54) is 5.56 Å². The number of carbonyl (C=O) groups excluding carboxylic acids is 2. The van der Waals surface area contributed by atoms with Gasteiger partial charge >= 0.3 is 5.97 Å². The molecule has 172 valence electrons. The number of rotatable bonds is 8. The van der Waals surface area contributed by atoms with Gasteiger partial charge in [-0.15, -0.1) is 0 Å². The first-order valence-electron chi connectivity index (χ1n) is 11.7. The highest BCUT2D eigenvalue weighted by Gasteiger charge is 2.43. The van der Waals surface area contributed by atoms with Gasteiger partial charge in [-0.2, -0.15) is 5.10 Å². The van der Waals surface area contributed by atoms with Crippen molar-refractivity contribution in [2.45, 2.75) is 39.0 Å². The largest absolute Gasteiger partial charge is 0.466 e. The number of hydrogen-bond donors (Lipinski definition) is 0. The predicted octanol–water partition coefficient (Wildman–Crippen LogP) is 4.68. The van der Waals surface area contributed by atoms with Crippen molar-refractivity contribution in [2.75, 3.05) is 19.7 Å². The highest BCUT2D eigenvalue weighted by molar-refractivity contribution is 5.98. The minimum Gasteiger partial charge on any atom is -0.466 e. The molecule has 0 spiro atoms. The van der Waals surface area contributed by atoms with Gasteiger partial charge in [0, 0.05) is 25.5 Å². The molecule has 0 radical (unpaired) electrons. The summed E-state index contributed by atoms with van der Waals surface area (Å²) in [7, 11) is 0. The van der Waals surface area contributed by atoms with Crippen molar-refractivity contribution in [2.24, 2.45) is 5.41 Å². The van der Waals surface area contributed by atoms with Gasteiger partial charge in [-0.3, -0.25) is 9.59 Å². The molecule has 0 N–H and O–H groups in total. The summed E-state index contributed by atoms with van der Waals surface area (Å²) in [6.07, 6.45) is 7.39. The number of carbonyl (C=O) groups is 2. The van der Waals surface area contributed by atoms with Crippen LogP contribution in [0, 0.1) is 5.41 Å². The number of likely N-dealkylation sites (tertiary alicyclic amines) is 1. The van der Waals surface area contributed by atoms with Gasteiger partial charge in [0.1, 0.15) is 0 Å². The summed E-state index contributed by atoms with van der Waals surface area (Å²) in [5.41, 5.74) is 2.13. The Labute approximate surface area is 195 Å². The van der Waals surface area contributed by atoms with Crippen LogP contribution in [-0.4, -0.2) is 46.3 Å². The number of aryl methyl sites for hydroxylation is 1. The van der Waals surface area contributed by atoms with E-state index in [4.69, 9.17) is 4.74 Å². The summed E-state index contributed by atoms with van der Waals surface area (Å²) < 4.78 is 7.19. The summed E-state index contributed by atoms with van der Waals surface area (Å²) in [5.74, 6) is -0.148. The molecule has 0 saturated carbocycles. The van der Waals surface area contributed by atoms with Gasteiger partial charge in [-0.1, -0.05) is 42.5 Å². The zero-order valence-electron chi connectivity index (χ0n) is 19.2. The molecule has 2 aromatic carbocycles. The van der Waals surface area contributed by atoms with Crippen molar-refractivity contribution in [1.29, 1.82) is 0 Å². The number of hydrogen-bond acceptors (Lipinski definition) is 4. The van der Waals surface area contributed by atoms with E-state index in [1.807, 2.05) is 66.6 Å². The number of esters is 1. The first kappa shape index (κ1) is 22.8. The molecule has 0 atom stereocenters. The van der Waals surface area contributed by atoms with Crippen LogP contribution >= 0.6 is 0 Å². The summed E-state index contributed by atoms with van der Waals surface area (Å²) in [4.78, 5) is 28.2. The Hall–Kier alpha value is -3.41. The van der Waals surface area contributed by atoms with Gasteiger partial charge in [0.25, 0.3) is 5.91 Å². The van der Waals surface area contributed by atoms with E-state index >= 15 is 0 Å². The van der Waals surface area contributed by atoms with Crippen LogP contribution in [-0.2, 0) is 16.0 Å². The lowest BCUT2D eigenvalue weighted by Crippen LogP contribution is -2.47. The minimum absolute atomic E-state index is 0.0251. The van der Waals surface area contributed by atoms with E-state index in [2.05, 4.69) is 17.2 Å². The van der Waals surface area contributed by atoms with E-state index in [0.29, 0.717) is 38.1 Å². The summed E-state index contributed by atoms with van der Waals surface area (Å²) >= 11 is 0. The second-order valence-corrected chi connectivity index (χ2v) is 8.60. The van der Waals surface area contributed by atoms with Gasteiger partial charge in [0.05, 0.1) is 23.3 Å². The molecule has 2 heterocycles. The number of para-hydroxylation sites is 1. The van der Waals surface area contributed by atoms with Gasteiger partial charge in [0.2, 0.25) is 0 Å². The minimum atomic E-state index is -0.525. The van der Waals surface area contributed by atoms with Crippen LogP contribution in [0.1, 0.15) is 48.5 Å². The number of benzene rings is 2. The van der Waals surface area contributed by atoms with Crippen LogP contribution in [0.5, 0.6) is 0 Å². The third kappa shape index (κ3) is 5.16. The Balaban J connectivity index is 1.45. The van der Waals surface area contributed by atoms with E-state index in [-0.39, 0.29) is 11.9 Å².